The van der Waals surface area contributed by atoms with Crippen LogP contribution in [0.25, 0.3) is 0 Å². The summed E-state index contributed by atoms with van der Waals surface area (Å²) in [4.78, 5) is 19.0. The molecule has 2 rings (SSSR count). The second kappa shape index (κ2) is 3.81. The molecule has 4 nitrogen and oxygen atoms in total. The maximum atomic E-state index is 11.6. The van der Waals surface area contributed by atoms with Crippen LogP contribution in [0.5, 0.6) is 0 Å². The third-order valence-electron chi connectivity index (χ3n) is 2.75. The molecule has 5 heteroatoms. The van der Waals surface area contributed by atoms with Gasteiger partial charge in [-0.2, -0.15) is 0 Å². The number of rotatable bonds is 2. The van der Waals surface area contributed by atoms with Crippen molar-refractivity contribution in [1.82, 2.24) is 9.88 Å². The topological polar surface area (TPSA) is 45.2 Å². The Labute approximate surface area is 93.3 Å². The molecular formula is C10H15N3OS. The number of likely N-dealkylation sites (N-methyl/N-ethyl adjacent to an activating group) is 1. The van der Waals surface area contributed by atoms with Crippen LogP contribution in [-0.2, 0) is 4.79 Å². The Morgan fingerprint density at radius 2 is 2.27 bits per heavy atom. The number of nitrogens with zero attached hydrogens (tertiary/aromatic N) is 2. The molecule has 1 saturated heterocycles. The lowest BCUT2D eigenvalue weighted by atomic mass is 10.2. The monoisotopic (exact) mass is 225 g/mol. The van der Waals surface area contributed by atoms with E-state index >= 15 is 0 Å². The van der Waals surface area contributed by atoms with Crippen LogP contribution < -0.4 is 5.32 Å². The first-order valence-electron chi connectivity index (χ1n) is 5.03. The van der Waals surface area contributed by atoms with Gasteiger partial charge < -0.3 is 10.2 Å². The molecule has 15 heavy (non-hydrogen) atoms. The summed E-state index contributed by atoms with van der Waals surface area (Å²) in [5, 5.41) is 4.06. The highest BCUT2D eigenvalue weighted by Crippen LogP contribution is 2.23. The van der Waals surface area contributed by atoms with Gasteiger partial charge in [-0.05, 0) is 20.3 Å². The highest BCUT2D eigenvalue weighted by Gasteiger charge is 2.29. The lowest BCUT2D eigenvalue weighted by Crippen LogP contribution is -2.30. The number of nitrogens with one attached hydrogen (secondary N) is 1. The average molecular weight is 225 g/mol. The molecule has 0 bridgehead atoms. The predicted molar refractivity (Wildman–Crippen MR) is 61.3 cm³/mol. The van der Waals surface area contributed by atoms with Crippen molar-refractivity contribution in [2.24, 2.45) is 0 Å². The number of aryl methyl sites for hydroxylation is 2. The normalized spacial score (nSPS) is 21.1. The van der Waals surface area contributed by atoms with Gasteiger partial charge in [-0.25, -0.2) is 4.98 Å². The summed E-state index contributed by atoms with van der Waals surface area (Å²) in [5.41, 5.74) is 1.04. The number of hydrogen-bond donors (Lipinski definition) is 1. The minimum absolute atomic E-state index is 0.0834. The molecular weight excluding hydrogens is 210 g/mol. The van der Waals surface area contributed by atoms with Crippen LogP contribution in [0.4, 0.5) is 5.13 Å². The van der Waals surface area contributed by atoms with Crippen molar-refractivity contribution >= 4 is 22.4 Å². The molecule has 1 unspecified atom stereocenters. The van der Waals surface area contributed by atoms with E-state index in [4.69, 9.17) is 0 Å². The van der Waals surface area contributed by atoms with Gasteiger partial charge in [0.1, 0.15) is 6.04 Å². The molecule has 0 saturated carbocycles. The fourth-order valence-corrected chi connectivity index (χ4v) is 2.51. The summed E-state index contributed by atoms with van der Waals surface area (Å²) in [6.45, 7) is 4.86. The number of amides is 1. The Kier molecular flexibility index (Phi) is 2.65. The molecule has 1 fully saturated rings. The Morgan fingerprint density at radius 3 is 2.73 bits per heavy atom. The molecule has 0 radical (unpaired) electrons. The Morgan fingerprint density at radius 1 is 1.53 bits per heavy atom. The number of thiazole rings is 1. The number of anilines is 1. The van der Waals surface area contributed by atoms with E-state index in [0.29, 0.717) is 0 Å². The van der Waals surface area contributed by atoms with Crippen LogP contribution in [0.3, 0.4) is 0 Å². The van der Waals surface area contributed by atoms with Crippen LogP contribution >= 0.6 is 11.3 Å². The summed E-state index contributed by atoms with van der Waals surface area (Å²) in [6, 6.07) is -0.0834. The second-order valence-corrected chi connectivity index (χ2v) is 5.11. The zero-order chi connectivity index (χ0) is 11.0. The van der Waals surface area contributed by atoms with Crippen LogP contribution in [0.15, 0.2) is 0 Å². The fourth-order valence-electron chi connectivity index (χ4n) is 1.64. The summed E-state index contributed by atoms with van der Waals surface area (Å²) < 4.78 is 0. The van der Waals surface area contributed by atoms with Crippen LogP contribution in [-0.4, -0.2) is 35.4 Å². The summed E-state index contributed by atoms with van der Waals surface area (Å²) >= 11 is 1.61. The number of aromatic nitrogens is 1. The molecule has 1 aliphatic heterocycles. The summed E-state index contributed by atoms with van der Waals surface area (Å²) in [6.07, 6.45) is 0.868. The van der Waals surface area contributed by atoms with Crippen LogP contribution in [0.1, 0.15) is 17.0 Å². The maximum absolute atomic E-state index is 11.6. The highest BCUT2D eigenvalue weighted by atomic mass is 32.1. The van der Waals surface area contributed by atoms with E-state index in [2.05, 4.69) is 10.3 Å². The van der Waals surface area contributed by atoms with Crippen molar-refractivity contribution < 1.29 is 4.79 Å². The first-order chi connectivity index (χ1) is 7.08. The molecule has 1 aromatic heterocycles. The van der Waals surface area contributed by atoms with Crippen molar-refractivity contribution in [1.29, 1.82) is 0 Å². The van der Waals surface area contributed by atoms with E-state index in [1.54, 1.807) is 16.2 Å². The van der Waals surface area contributed by atoms with E-state index in [-0.39, 0.29) is 11.9 Å². The SMILES string of the molecule is Cc1nc(NC2CCN(C)C2=O)sc1C. The van der Waals surface area contributed by atoms with E-state index in [0.717, 1.165) is 23.8 Å². The van der Waals surface area contributed by atoms with Crippen LogP contribution in [0, 0.1) is 13.8 Å². The van der Waals surface area contributed by atoms with Crippen molar-refractivity contribution in [2.45, 2.75) is 26.3 Å². The van der Waals surface area contributed by atoms with Gasteiger partial charge in [-0.1, -0.05) is 0 Å². The number of hydrogen-bond acceptors (Lipinski definition) is 4. The van der Waals surface area contributed by atoms with E-state index in [1.165, 1.54) is 4.88 Å². The van der Waals surface area contributed by atoms with Gasteiger partial charge in [0, 0.05) is 18.5 Å². The van der Waals surface area contributed by atoms with E-state index in [1.807, 2.05) is 20.9 Å². The standard InChI is InChI=1S/C10H15N3OS/c1-6-7(2)15-10(11-6)12-8-4-5-13(3)9(8)14/h8H,4-5H2,1-3H3,(H,11,12). The predicted octanol–water partition coefficient (Wildman–Crippen LogP) is 1.40. The molecule has 1 atom stereocenters. The number of likely N-dealkylation sites (tertiary alicyclic amines) is 1. The zero-order valence-corrected chi connectivity index (χ0v) is 10.0. The summed E-state index contributed by atoms with van der Waals surface area (Å²) in [7, 11) is 1.84. The quantitative estimate of drug-likeness (QED) is 0.827. The van der Waals surface area contributed by atoms with E-state index < -0.39 is 0 Å². The lowest BCUT2D eigenvalue weighted by Gasteiger charge is -2.10. The summed E-state index contributed by atoms with van der Waals surface area (Å²) in [5.74, 6) is 0.167. The lowest BCUT2D eigenvalue weighted by molar-refractivity contribution is -0.127. The fraction of sp³-hybridized carbons (Fsp3) is 0.600. The smallest absolute Gasteiger partial charge is 0.244 e. The zero-order valence-electron chi connectivity index (χ0n) is 9.20. The largest absolute Gasteiger partial charge is 0.350 e. The van der Waals surface area contributed by atoms with Gasteiger partial charge in [-0.15, -0.1) is 11.3 Å². The van der Waals surface area contributed by atoms with Crippen molar-refractivity contribution in [3.63, 3.8) is 0 Å². The van der Waals surface area contributed by atoms with Crippen LogP contribution in [0.2, 0.25) is 0 Å². The van der Waals surface area contributed by atoms with Gasteiger partial charge in [0.2, 0.25) is 5.91 Å². The van der Waals surface area contributed by atoms with Crippen molar-refractivity contribution in [3.8, 4) is 0 Å². The van der Waals surface area contributed by atoms with Gasteiger partial charge in [0.25, 0.3) is 0 Å². The Balaban J connectivity index is 2.06. The third kappa shape index (κ3) is 1.97. The molecule has 1 aliphatic rings. The molecule has 0 aromatic carbocycles. The molecule has 0 spiro atoms. The third-order valence-corrected chi connectivity index (χ3v) is 3.76. The maximum Gasteiger partial charge on any atom is 0.244 e. The van der Waals surface area contributed by atoms with Crippen molar-refractivity contribution in [2.75, 3.05) is 18.9 Å². The molecule has 1 N–H and O–H groups in total. The van der Waals surface area contributed by atoms with Crippen molar-refractivity contribution in [3.05, 3.63) is 10.6 Å². The number of carbonyl (C=O) groups excluding carboxylic acids is 1. The first-order valence-corrected chi connectivity index (χ1v) is 5.85. The average Bonchev–Trinajstić information content (AvgIpc) is 2.65. The van der Waals surface area contributed by atoms with Gasteiger partial charge in [0.05, 0.1) is 5.69 Å². The molecule has 82 valence electrons. The van der Waals surface area contributed by atoms with E-state index in [9.17, 15) is 4.79 Å². The molecule has 0 aliphatic carbocycles. The number of carbonyl (C=O) groups is 1. The Hall–Kier alpha value is -1.10. The first kappa shape index (κ1) is 10.4. The second-order valence-electron chi connectivity index (χ2n) is 3.91. The minimum atomic E-state index is -0.0834. The van der Waals surface area contributed by atoms with Gasteiger partial charge in [-0.3, -0.25) is 4.79 Å². The minimum Gasteiger partial charge on any atom is -0.350 e. The van der Waals surface area contributed by atoms with Gasteiger partial charge >= 0.3 is 0 Å². The molecule has 1 aromatic rings. The highest BCUT2D eigenvalue weighted by molar-refractivity contribution is 7.15. The van der Waals surface area contributed by atoms with Gasteiger partial charge in [0.15, 0.2) is 5.13 Å². The Bertz CT molecular complexity index is 369. The molecule has 2 heterocycles. The molecule has 1 amide bonds.